The van der Waals surface area contributed by atoms with Crippen LogP contribution in [0.4, 0.5) is 11.4 Å². The quantitative estimate of drug-likeness (QED) is 0.0961. The zero-order valence-electron chi connectivity index (χ0n) is 36.8. The molecule has 6 aromatic rings. The van der Waals surface area contributed by atoms with E-state index in [4.69, 9.17) is 14.2 Å². The van der Waals surface area contributed by atoms with E-state index in [1.54, 1.807) is 0 Å². The molecule has 7 heteroatoms. The molecule has 0 saturated carbocycles. The highest BCUT2D eigenvalue weighted by atomic mass is 16.5. The molecule has 0 bridgehead atoms. The summed E-state index contributed by atoms with van der Waals surface area (Å²) in [6.45, 7) is 10.1. The first-order valence-corrected chi connectivity index (χ1v) is 23.4. The summed E-state index contributed by atoms with van der Waals surface area (Å²) in [7, 11) is 0. The molecular formula is C56H64N4O3. The molecule has 2 fully saturated rings. The second-order valence-electron chi connectivity index (χ2n) is 17.6. The third kappa shape index (κ3) is 11.0. The molecule has 0 aliphatic carbocycles. The van der Waals surface area contributed by atoms with Crippen molar-refractivity contribution in [3.05, 3.63) is 198 Å². The zero-order chi connectivity index (χ0) is 42.5. The Hall–Kier alpha value is -5.44. The summed E-state index contributed by atoms with van der Waals surface area (Å²) in [5, 5.41) is 0. The lowest BCUT2D eigenvalue weighted by Gasteiger charge is -2.42. The van der Waals surface area contributed by atoms with Crippen LogP contribution in [0.3, 0.4) is 0 Å². The van der Waals surface area contributed by atoms with Crippen molar-refractivity contribution in [2.24, 2.45) is 0 Å². The number of hydrogen-bond donors (Lipinski definition) is 0. The maximum atomic E-state index is 6.27. The van der Waals surface area contributed by atoms with Gasteiger partial charge in [-0.05, 0) is 104 Å². The summed E-state index contributed by atoms with van der Waals surface area (Å²) in [6.07, 6.45) is 6.23. The molecule has 0 amide bonds. The third-order valence-electron chi connectivity index (χ3n) is 13.4. The predicted molar refractivity (Wildman–Crippen MR) is 257 cm³/mol. The molecule has 10 rings (SSSR count). The van der Waals surface area contributed by atoms with Gasteiger partial charge in [0.25, 0.3) is 0 Å². The fourth-order valence-electron chi connectivity index (χ4n) is 10.1. The summed E-state index contributed by atoms with van der Waals surface area (Å²) in [5.74, 6) is 0.977. The van der Waals surface area contributed by atoms with E-state index < -0.39 is 0 Å². The number of para-hydroxylation sites is 3. The second kappa shape index (κ2) is 21.8. The normalized spacial score (nSPS) is 19.4. The number of nitrogens with zero attached hydrogens (tertiary/aromatic N) is 4. The van der Waals surface area contributed by atoms with E-state index in [1.165, 1.54) is 78.0 Å². The van der Waals surface area contributed by atoms with Crippen molar-refractivity contribution in [3.8, 4) is 5.75 Å². The molecule has 0 aromatic heterocycles. The minimum absolute atomic E-state index is 0.199. The molecule has 4 aliphatic rings. The molecule has 0 N–H and O–H groups in total. The Balaban J connectivity index is 0.000000160. The van der Waals surface area contributed by atoms with Gasteiger partial charge in [0, 0.05) is 18.8 Å². The highest BCUT2D eigenvalue weighted by molar-refractivity contribution is 5.62. The van der Waals surface area contributed by atoms with Crippen LogP contribution in [0.25, 0.3) is 0 Å². The maximum Gasteiger partial charge on any atom is 0.142 e. The molecule has 2 saturated heterocycles. The van der Waals surface area contributed by atoms with Crippen molar-refractivity contribution in [3.63, 3.8) is 0 Å². The van der Waals surface area contributed by atoms with Gasteiger partial charge in [0.15, 0.2) is 0 Å². The van der Waals surface area contributed by atoms with E-state index in [2.05, 4.69) is 189 Å². The molecule has 4 aliphatic heterocycles. The number of ether oxygens (including phenoxy) is 3. The third-order valence-corrected chi connectivity index (χ3v) is 13.4. The van der Waals surface area contributed by atoms with Gasteiger partial charge in [0.1, 0.15) is 12.4 Å². The Morgan fingerprint density at radius 3 is 1.43 bits per heavy atom. The van der Waals surface area contributed by atoms with Gasteiger partial charge in [-0.1, -0.05) is 152 Å². The molecule has 0 spiro atoms. The smallest absolute Gasteiger partial charge is 0.142 e. The molecule has 4 atom stereocenters. The average Bonchev–Trinajstić information content (AvgIpc) is 4.16. The Morgan fingerprint density at radius 1 is 0.460 bits per heavy atom. The number of anilines is 2. The fraction of sp³-hybridized carbons (Fsp3) is 0.357. The van der Waals surface area contributed by atoms with Crippen LogP contribution in [-0.4, -0.2) is 81.0 Å². The summed E-state index contributed by atoms with van der Waals surface area (Å²) in [5.41, 5.74) is 9.21. The Kier molecular flexibility index (Phi) is 14.8. The zero-order valence-corrected chi connectivity index (χ0v) is 36.8. The van der Waals surface area contributed by atoms with Crippen molar-refractivity contribution >= 4 is 11.4 Å². The van der Waals surface area contributed by atoms with Gasteiger partial charge in [-0.3, -0.25) is 9.80 Å². The van der Waals surface area contributed by atoms with Gasteiger partial charge < -0.3 is 24.0 Å². The Morgan fingerprint density at radius 2 is 0.889 bits per heavy atom. The van der Waals surface area contributed by atoms with E-state index in [9.17, 15) is 0 Å². The van der Waals surface area contributed by atoms with Crippen molar-refractivity contribution in [1.29, 1.82) is 0 Å². The van der Waals surface area contributed by atoms with Gasteiger partial charge in [-0.15, -0.1) is 0 Å². The molecule has 4 unspecified atom stereocenters. The predicted octanol–water partition coefficient (Wildman–Crippen LogP) is 10.8. The summed E-state index contributed by atoms with van der Waals surface area (Å²) >= 11 is 0. The first-order valence-electron chi connectivity index (χ1n) is 23.4. The van der Waals surface area contributed by atoms with Crippen molar-refractivity contribution in [1.82, 2.24) is 9.80 Å². The van der Waals surface area contributed by atoms with Crippen LogP contribution < -0.4 is 14.5 Å². The first-order chi connectivity index (χ1) is 31.3. The standard InChI is InChI=1S/C28H32N2O2.C28H32N2O/c1-3-11-23(12-4-1)20-31-21-25(29-17-9-10-18-29)19-30-26-15-7-8-16-28(26)32-22-27(30)24-13-5-2-6-14-24;1-3-11-23(12-4-1)21-31-22-26(29-17-9-10-18-29)20-30-27-16-8-7-15-25(27)19-28(30)24-13-5-2-6-14-24/h1-8,11-16,25,27H,9-10,17-22H2;1-8,11-16,26,28H,9-10,17-22H2. The van der Waals surface area contributed by atoms with Crippen molar-refractivity contribution in [2.45, 2.75) is 69.5 Å². The SMILES string of the molecule is c1ccc(COCC(CN2c3ccccc3CC2c2ccccc2)N2CCCC2)cc1.c1ccc(COCC(CN2c3ccccc3OCC2c2ccccc2)N2CCCC2)cc1. The fourth-order valence-corrected chi connectivity index (χ4v) is 10.1. The van der Waals surface area contributed by atoms with E-state index >= 15 is 0 Å². The highest BCUT2D eigenvalue weighted by Crippen LogP contribution is 2.41. The summed E-state index contributed by atoms with van der Waals surface area (Å²) < 4.78 is 18.7. The minimum atomic E-state index is 0.199. The number of benzene rings is 6. The number of rotatable bonds is 16. The van der Waals surface area contributed by atoms with E-state index in [0.29, 0.717) is 37.9 Å². The van der Waals surface area contributed by atoms with E-state index in [-0.39, 0.29) is 6.04 Å². The van der Waals surface area contributed by atoms with Crippen LogP contribution in [0, 0.1) is 0 Å². The highest BCUT2D eigenvalue weighted by Gasteiger charge is 2.35. The van der Waals surface area contributed by atoms with E-state index in [1.807, 2.05) is 0 Å². The lowest BCUT2D eigenvalue weighted by atomic mass is 10.0. The average molecular weight is 841 g/mol. The Bertz CT molecular complexity index is 2250. The van der Waals surface area contributed by atoms with Gasteiger partial charge in [0.2, 0.25) is 0 Å². The van der Waals surface area contributed by atoms with Crippen molar-refractivity contribution < 1.29 is 14.2 Å². The number of hydrogen-bond acceptors (Lipinski definition) is 7. The lowest BCUT2D eigenvalue weighted by molar-refractivity contribution is 0.0599. The summed E-state index contributed by atoms with van der Waals surface area (Å²) in [4.78, 5) is 10.4. The molecular weight excluding hydrogens is 777 g/mol. The molecule has 6 aromatic carbocycles. The van der Waals surface area contributed by atoms with E-state index in [0.717, 1.165) is 51.6 Å². The topological polar surface area (TPSA) is 40.6 Å². The summed E-state index contributed by atoms with van der Waals surface area (Å²) in [6, 6.07) is 61.5. The monoisotopic (exact) mass is 840 g/mol. The van der Waals surface area contributed by atoms with Crippen molar-refractivity contribution in [2.75, 3.05) is 68.9 Å². The van der Waals surface area contributed by atoms with Crippen LogP contribution in [0.1, 0.15) is 65.6 Å². The minimum Gasteiger partial charge on any atom is -0.489 e. The molecule has 63 heavy (non-hydrogen) atoms. The second-order valence-corrected chi connectivity index (χ2v) is 17.6. The largest absolute Gasteiger partial charge is 0.489 e. The van der Waals surface area contributed by atoms with Crippen LogP contribution in [0.15, 0.2) is 170 Å². The maximum absolute atomic E-state index is 6.27. The van der Waals surface area contributed by atoms with Gasteiger partial charge >= 0.3 is 0 Å². The van der Waals surface area contributed by atoms with Gasteiger partial charge in [-0.2, -0.15) is 0 Å². The molecule has 4 heterocycles. The molecule has 7 nitrogen and oxygen atoms in total. The molecule has 326 valence electrons. The van der Waals surface area contributed by atoms with Gasteiger partial charge in [0.05, 0.1) is 56.3 Å². The Labute approximate surface area is 375 Å². The van der Waals surface area contributed by atoms with Crippen LogP contribution in [-0.2, 0) is 29.1 Å². The van der Waals surface area contributed by atoms with Crippen LogP contribution >= 0.6 is 0 Å². The molecule has 0 radical (unpaired) electrons. The van der Waals surface area contributed by atoms with Gasteiger partial charge in [-0.25, -0.2) is 0 Å². The number of fused-ring (bicyclic) bond motifs is 2. The number of likely N-dealkylation sites (tertiary alicyclic amines) is 2. The lowest BCUT2D eigenvalue weighted by Crippen LogP contribution is -2.48. The first kappa shape index (κ1) is 42.8. The van der Waals surface area contributed by atoms with Crippen LogP contribution in [0.2, 0.25) is 0 Å². The van der Waals surface area contributed by atoms with Crippen LogP contribution in [0.5, 0.6) is 5.75 Å².